The quantitative estimate of drug-likeness (QED) is 0.588. The smallest absolute Gasteiger partial charge is 0.414 e. The van der Waals surface area contributed by atoms with Gasteiger partial charge in [0.05, 0.1) is 30.6 Å². The minimum absolute atomic E-state index is 0. The first-order valence-electron chi connectivity index (χ1n) is 11.9. The lowest BCUT2D eigenvalue weighted by Crippen LogP contribution is -2.35. The van der Waals surface area contributed by atoms with Gasteiger partial charge in [0.15, 0.2) is 0 Å². The molecule has 6 rings (SSSR count). The van der Waals surface area contributed by atoms with Crippen LogP contribution in [0.5, 0.6) is 0 Å². The monoisotopic (exact) mass is 496 g/mol. The molecule has 4 atom stereocenters. The van der Waals surface area contributed by atoms with Gasteiger partial charge in [-0.2, -0.15) is 0 Å². The van der Waals surface area contributed by atoms with Gasteiger partial charge in [-0.15, -0.1) is 12.4 Å². The minimum atomic E-state index is -0.553. The Morgan fingerprint density at radius 1 is 1.23 bits per heavy atom. The standard InChI is InChI=1S/C26H25FN4O3.ClH/c1-28-26(20-3-2-4-21(20)26)23-10-7-16(12-29-23)19-9-8-17(11-22(19)27)31-14-18(34-25(31)33)13-30-24(32)15-5-6-15;/h7-12,15,18,20-21H,2-6,13-14H2,(H,30,32);1H/t18-,20-,21+,26?;/m0./s1. The van der Waals surface area contributed by atoms with Crippen molar-refractivity contribution < 1.29 is 18.7 Å². The topological polar surface area (TPSA) is 75.9 Å². The Kier molecular flexibility index (Phi) is 5.92. The molecule has 1 aromatic carbocycles. The van der Waals surface area contributed by atoms with Gasteiger partial charge in [-0.3, -0.25) is 14.7 Å². The summed E-state index contributed by atoms with van der Waals surface area (Å²) in [6.07, 6.45) is 5.79. The van der Waals surface area contributed by atoms with Crippen LogP contribution >= 0.6 is 12.4 Å². The van der Waals surface area contributed by atoms with E-state index in [1.54, 1.807) is 18.3 Å². The van der Waals surface area contributed by atoms with Crippen LogP contribution in [0.25, 0.3) is 16.0 Å². The van der Waals surface area contributed by atoms with E-state index in [1.807, 2.05) is 12.1 Å². The predicted molar refractivity (Wildman–Crippen MR) is 129 cm³/mol. The number of hydrogen-bond acceptors (Lipinski definition) is 4. The molecule has 3 saturated carbocycles. The van der Waals surface area contributed by atoms with Gasteiger partial charge in [0.2, 0.25) is 5.91 Å². The number of nitrogens with one attached hydrogen (secondary N) is 1. The van der Waals surface area contributed by atoms with Gasteiger partial charge in [-0.1, -0.05) is 12.5 Å². The van der Waals surface area contributed by atoms with Crippen molar-refractivity contribution in [1.82, 2.24) is 10.3 Å². The molecule has 182 valence electrons. The van der Waals surface area contributed by atoms with Crippen molar-refractivity contribution in [1.29, 1.82) is 0 Å². The molecule has 3 aliphatic carbocycles. The zero-order chi connectivity index (χ0) is 23.4. The average Bonchev–Trinajstić information content (AvgIpc) is 3.70. The number of carbonyl (C=O) groups is 2. The van der Waals surface area contributed by atoms with Gasteiger partial charge in [-0.25, -0.2) is 15.8 Å². The third-order valence-corrected chi connectivity index (χ3v) is 7.80. The lowest BCUT2D eigenvalue weighted by molar-refractivity contribution is -0.122. The second-order valence-electron chi connectivity index (χ2n) is 9.81. The highest BCUT2D eigenvalue weighted by molar-refractivity contribution is 5.90. The molecule has 7 nitrogen and oxygen atoms in total. The fourth-order valence-electron chi connectivity index (χ4n) is 5.76. The summed E-state index contributed by atoms with van der Waals surface area (Å²) in [5, 5.41) is 2.82. The lowest BCUT2D eigenvalue weighted by Gasteiger charge is -2.15. The predicted octanol–water partition coefficient (Wildman–Crippen LogP) is 4.71. The number of fused-ring (bicyclic) bond motifs is 1. The van der Waals surface area contributed by atoms with Gasteiger partial charge in [0.1, 0.15) is 17.6 Å². The molecule has 0 bridgehead atoms. The molecule has 4 aliphatic rings. The van der Waals surface area contributed by atoms with Gasteiger partial charge in [-0.05, 0) is 49.9 Å². The van der Waals surface area contributed by atoms with Gasteiger partial charge < -0.3 is 14.9 Å². The molecule has 2 amide bonds. The van der Waals surface area contributed by atoms with E-state index in [9.17, 15) is 9.59 Å². The van der Waals surface area contributed by atoms with E-state index >= 15 is 4.39 Å². The van der Waals surface area contributed by atoms with E-state index in [2.05, 4.69) is 15.1 Å². The number of aromatic nitrogens is 1. The Morgan fingerprint density at radius 3 is 2.63 bits per heavy atom. The average molecular weight is 497 g/mol. The first kappa shape index (κ1) is 23.6. The summed E-state index contributed by atoms with van der Waals surface area (Å²) < 4.78 is 20.4. The van der Waals surface area contributed by atoms with Crippen LogP contribution in [-0.2, 0) is 15.1 Å². The molecule has 0 radical (unpaired) electrons. The molecule has 2 aromatic rings. The zero-order valence-corrected chi connectivity index (χ0v) is 19.9. The Labute approximate surface area is 209 Å². The molecule has 1 aromatic heterocycles. The number of cyclic esters (lactones) is 1. The number of nitrogens with zero attached hydrogens (tertiary/aromatic N) is 3. The third-order valence-electron chi connectivity index (χ3n) is 7.80. The largest absolute Gasteiger partial charge is 0.442 e. The molecule has 4 fully saturated rings. The minimum Gasteiger partial charge on any atom is -0.442 e. The molecular formula is C26H26ClFN4O3. The van der Waals surface area contributed by atoms with Crippen LogP contribution in [0.2, 0.25) is 0 Å². The van der Waals surface area contributed by atoms with Crippen molar-refractivity contribution in [2.24, 2.45) is 17.8 Å². The van der Waals surface area contributed by atoms with E-state index in [1.165, 1.54) is 17.4 Å². The molecule has 2 heterocycles. The summed E-state index contributed by atoms with van der Waals surface area (Å²) in [7, 11) is 0. The molecule has 0 spiro atoms. The maximum atomic E-state index is 15.1. The van der Waals surface area contributed by atoms with E-state index in [4.69, 9.17) is 11.3 Å². The zero-order valence-electron chi connectivity index (χ0n) is 19.1. The second kappa shape index (κ2) is 8.80. The number of ether oxygens (including phenoxy) is 1. The number of anilines is 1. The third kappa shape index (κ3) is 3.92. The van der Waals surface area contributed by atoms with Gasteiger partial charge >= 0.3 is 6.09 Å². The fourth-order valence-corrected chi connectivity index (χ4v) is 5.76. The van der Waals surface area contributed by atoms with Crippen LogP contribution in [0.15, 0.2) is 36.5 Å². The summed E-state index contributed by atoms with van der Waals surface area (Å²) in [6, 6.07) is 8.32. The van der Waals surface area contributed by atoms with Crippen LogP contribution in [0.4, 0.5) is 14.9 Å². The number of carbonyl (C=O) groups excluding carboxylic acids is 2. The molecule has 35 heavy (non-hydrogen) atoms. The van der Waals surface area contributed by atoms with Crippen molar-refractivity contribution in [3.05, 3.63) is 59.5 Å². The molecule has 9 heteroatoms. The van der Waals surface area contributed by atoms with Gasteiger partial charge in [0.25, 0.3) is 5.54 Å². The van der Waals surface area contributed by atoms with Crippen molar-refractivity contribution in [3.8, 4) is 11.1 Å². The van der Waals surface area contributed by atoms with Crippen molar-refractivity contribution >= 4 is 30.1 Å². The number of halogens is 2. The van der Waals surface area contributed by atoms with Gasteiger partial charge in [0, 0.05) is 23.2 Å². The molecular weight excluding hydrogens is 471 g/mol. The number of rotatable bonds is 6. The highest BCUT2D eigenvalue weighted by Crippen LogP contribution is 2.68. The summed E-state index contributed by atoms with van der Waals surface area (Å²) >= 11 is 0. The maximum absolute atomic E-state index is 15.1. The molecule has 1 saturated heterocycles. The van der Waals surface area contributed by atoms with Crippen LogP contribution in [0.1, 0.15) is 37.8 Å². The molecule has 1 aliphatic heterocycles. The Balaban J connectivity index is 0.00000253. The molecule has 1 N–H and O–H groups in total. The maximum Gasteiger partial charge on any atom is 0.414 e. The Hall–Kier alpha value is -3.18. The highest BCUT2D eigenvalue weighted by atomic mass is 35.5. The first-order chi connectivity index (χ1) is 16.5. The number of benzene rings is 1. The number of pyridine rings is 1. The SMILES string of the molecule is Cl.[C-]#[N+]C1(c2ccc(-c3ccc(N4C[C@H](CNC(=O)C5CC5)OC4=O)cc3F)cn2)[C@@H]2CCC[C@@H]21. The van der Waals surface area contributed by atoms with Crippen LogP contribution < -0.4 is 10.2 Å². The number of hydrogen-bond donors (Lipinski definition) is 1. The summed E-state index contributed by atoms with van der Waals surface area (Å²) in [5.74, 6) is 0.440. The normalized spacial score (nSPS) is 28.5. The number of amides is 2. The van der Waals surface area contributed by atoms with Crippen molar-refractivity contribution in [3.63, 3.8) is 0 Å². The summed E-state index contributed by atoms with van der Waals surface area (Å²) in [5.41, 5.74) is 1.73. The van der Waals surface area contributed by atoms with E-state index in [-0.39, 0.29) is 37.3 Å². The van der Waals surface area contributed by atoms with Crippen molar-refractivity contribution in [2.75, 3.05) is 18.0 Å². The lowest BCUT2D eigenvalue weighted by atomic mass is 9.99. The molecule has 1 unspecified atom stereocenters. The van der Waals surface area contributed by atoms with E-state index in [0.29, 0.717) is 28.7 Å². The second-order valence-corrected chi connectivity index (χ2v) is 9.81. The van der Waals surface area contributed by atoms with E-state index in [0.717, 1.165) is 31.4 Å². The Bertz CT molecular complexity index is 1200. The van der Waals surface area contributed by atoms with Crippen LogP contribution in [0, 0.1) is 30.1 Å². The Morgan fingerprint density at radius 2 is 2.00 bits per heavy atom. The highest BCUT2D eigenvalue weighted by Gasteiger charge is 2.75. The van der Waals surface area contributed by atoms with Crippen LogP contribution in [0.3, 0.4) is 0 Å². The summed E-state index contributed by atoms with van der Waals surface area (Å²) in [4.78, 5) is 34.0. The van der Waals surface area contributed by atoms with Crippen LogP contribution in [-0.4, -0.2) is 36.2 Å². The fraction of sp³-hybridized carbons (Fsp3) is 0.462. The first-order valence-corrected chi connectivity index (χ1v) is 11.9. The van der Waals surface area contributed by atoms with E-state index < -0.39 is 23.6 Å². The summed E-state index contributed by atoms with van der Waals surface area (Å²) in [6.45, 7) is 8.23. The van der Waals surface area contributed by atoms with Crippen molar-refractivity contribution in [2.45, 2.75) is 43.7 Å².